The van der Waals surface area contributed by atoms with Crippen LogP contribution in [0.3, 0.4) is 0 Å². The fraction of sp³-hybridized carbons (Fsp3) is 0.222. The minimum absolute atomic E-state index is 0.0328. The maximum Gasteiger partial charge on any atom is 0.269 e. The van der Waals surface area contributed by atoms with Crippen LogP contribution in [0.1, 0.15) is 47.1 Å². The zero-order valence-electron chi connectivity index (χ0n) is 20.3. The number of amides is 1. The van der Waals surface area contributed by atoms with Crippen molar-refractivity contribution >= 4 is 23.4 Å². The van der Waals surface area contributed by atoms with Crippen LogP contribution >= 0.6 is 11.8 Å². The number of halogens is 1. The Hall–Kier alpha value is -4.05. The van der Waals surface area contributed by atoms with E-state index in [0.717, 1.165) is 24.8 Å². The van der Waals surface area contributed by atoms with E-state index in [0.29, 0.717) is 28.0 Å². The van der Waals surface area contributed by atoms with Crippen molar-refractivity contribution in [3.63, 3.8) is 0 Å². The number of hydrogen-bond donors (Lipinski definition) is 1. The largest absolute Gasteiger partial charge is 0.345 e. The van der Waals surface area contributed by atoms with E-state index in [-0.39, 0.29) is 24.0 Å². The van der Waals surface area contributed by atoms with Gasteiger partial charge in [-0.3, -0.25) is 19.5 Å². The fourth-order valence-electron chi connectivity index (χ4n) is 3.68. The van der Waals surface area contributed by atoms with Crippen molar-refractivity contribution in [3.05, 3.63) is 111 Å². The van der Waals surface area contributed by atoms with Gasteiger partial charge in [-0.2, -0.15) is 0 Å². The van der Waals surface area contributed by atoms with Gasteiger partial charge in [0.05, 0.1) is 11.5 Å². The molecule has 1 aromatic heterocycles. The maximum absolute atomic E-state index is 13.3. The van der Waals surface area contributed by atoms with Crippen LogP contribution in [0.4, 0.5) is 10.1 Å². The predicted octanol–water partition coefficient (Wildman–Crippen LogP) is 5.88. The number of nitrogens with one attached hydrogen (secondary N) is 1. The lowest BCUT2D eigenvalue weighted by Crippen LogP contribution is -2.24. The summed E-state index contributed by atoms with van der Waals surface area (Å²) in [5.41, 5.74) is 3.24. The molecule has 0 atom stereocenters. The third-order valence-corrected chi connectivity index (χ3v) is 6.74. The van der Waals surface area contributed by atoms with Crippen LogP contribution in [0.2, 0.25) is 0 Å². The summed E-state index contributed by atoms with van der Waals surface area (Å²) in [5, 5.41) is 23.1. The molecule has 4 aromatic rings. The quantitative estimate of drug-likeness (QED) is 0.151. The number of aryl methyl sites for hydroxylation is 1. The van der Waals surface area contributed by atoms with Crippen molar-refractivity contribution in [2.75, 3.05) is 0 Å². The van der Waals surface area contributed by atoms with Crippen molar-refractivity contribution in [1.29, 1.82) is 0 Å². The van der Waals surface area contributed by atoms with E-state index in [9.17, 15) is 19.3 Å². The minimum Gasteiger partial charge on any atom is -0.345 e. The van der Waals surface area contributed by atoms with E-state index in [2.05, 4.69) is 22.4 Å². The first-order valence-electron chi connectivity index (χ1n) is 11.9. The highest BCUT2D eigenvalue weighted by molar-refractivity contribution is 7.98. The summed E-state index contributed by atoms with van der Waals surface area (Å²) in [4.78, 5) is 23.4. The first-order chi connectivity index (χ1) is 17.9. The average molecular weight is 520 g/mol. The highest BCUT2D eigenvalue weighted by Gasteiger charge is 2.17. The van der Waals surface area contributed by atoms with E-state index < -0.39 is 4.92 Å². The summed E-state index contributed by atoms with van der Waals surface area (Å²) in [6, 6.07) is 19.8. The van der Waals surface area contributed by atoms with Crippen molar-refractivity contribution in [2.24, 2.45) is 0 Å². The zero-order valence-corrected chi connectivity index (χ0v) is 21.1. The second kappa shape index (κ2) is 12.3. The monoisotopic (exact) mass is 519 g/mol. The Balaban J connectivity index is 1.52. The molecule has 4 rings (SSSR count). The van der Waals surface area contributed by atoms with Crippen molar-refractivity contribution < 1.29 is 14.1 Å². The average Bonchev–Trinajstić information content (AvgIpc) is 3.33. The first kappa shape index (κ1) is 26.0. The summed E-state index contributed by atoms with van der Waals surface area (Å²) in [6.07, 6.45) is 3.20. The minimum atomic E-state index is -0.463. The lowest BCUT2D eigenvalue weighted by Gasteiger charge is -2.11. The molecule has 1 amide bonds. The molecule has 1 heterocycles. The Morgan fingerprint density at radius 2 is 1.68 bits per heavy atom. The van der Waals surface area contributed by atoms with Gasteiger partial charge in [0.2, 0.25) is 0 Å². The van der Waals surface area contributed by atoms with E-state index in [4.69, 9.17) is 0 Å². The third kappa shape index (κ3) is 6.79. The molecule has 0 radical (unpaired) electrons. The number of hydrogen-bond acceptors (Lipinski definition) is 6. The van der Waals surface area contributed by atoms with Gasteiger partial charge in [-0.15, -0.1) is 10.2 Å². The third-order valence-electron chi connectivity index (χ3n) is 5.74. The van der Waals surface area contributed by atoms with E-state index >= 15 is 0 Å². The molecule has 0 saturated carbocycles. The Kier molecular flexibility index (Phi) is 8.63. The van der Waals surface area contributed by atoms with E-state index in [1.807, 2.05) is 24.3 Å². The number of non-ortho nitro benzene ring substituents is 1. The summed E-state index contributed by atoms with van der Waals surface area (Å²) in [7, 11) is 0. The van der Waals surface area contributed by atoms with Crippen LogP contribution in [0.5, 0.6) is 0 Å². The summed E-state index contributed by atoms with van der Waals surface area (Å²) in [5.74, 6) is 0.447. The number of nitro benzene ring substituents is 1. The molecule has 0 fully saturated rings. The number of nitro groups is 1. The molecule has 0 saturated heterocycles. The topological polar surface area (TPSA) is 103 Å². The predicted molar refractivity (Wildman–Crippen MR) is 140 cm³/mol. The lowest BCUT2D eigenvalue weighted by molar-refractivity contribution is -0.384. The molecule has 0 unspecified atom stereocenters. The van der Waals surface area contributed by atoms with Gasteiger partial charge in [0.25, 0.3) is 11.6 Å². The molecule has 1 N–H and O–H groups in total. The van der Waals surface area contributed by atoms with Gasteiger partial charge in [-0.25, -0.2) is 4.39 Å². The van der Waals surface area contributed by atoms with Gasteiger partial charge in [-0.05, 0) is 60.4 Å². The fourth-order valence-corrected chi connectivity index (χ4v) is 4.61. The van der Waals surface area contributed by atoms with Gasteiger partial charge in [-0.1, -0.05) is 49.4 Å². The number of carbonyl (C=O) groups is 1. The van der Waals surface area contributed by atoms with Crippen LogP contribution in [-0.2, 0) is 18.7 Å². The smallest absolute Gasteiger partial charge is 0.269 e. The molecule has 0 bridgehead atoms. The second-order valence-electron chi connectivity index (χ2n) is 8.41. The highest BCUT2D eigenvalue weighted by Crippen LogP contribution is 2.26. The lowest BCUT2D eigenvalue weighted by atomic mass is 10.1. The normalized spacial score (nSPS) is 10.9. The molecule has 8 nitrogen and oxygen atoms in total. The number of aromatic nitrogens is 3. The summed E-state index contributed by atoms with van der Waals surface area (Å²) < 4.78 is 15.0. The summed E-state index contributed by atoms with van der Waals surface area (Å²) >= 11 is 1.39. The first-order valence-corrected chi connectivity index (χ1v) is 12.9. The Labute approximate surface area is 218 Å². The standard InChI is InChI=1S/C27H26FN5O3S/c1-2-3-4-19-5-9-21(10-6-19)26(34)29-17-25-30-31-27(37-18-20-7-11-22(28)12-8-20)32(25)23-13-15-24(16-14-23)33(35)36/h5-16H,2-4,17-18H2,1H3,(H,29,34). The number of thioether (sulfide) groups is 1. The van der Waals surface area contributed by atoms with Gasteiger partial charge in [0, 0.05) is 29.1 Å². The van der Waals surface area contributed by atoms with Crippen molar-refractivity contribution in [2.45, 2.75) is 43.6 Å². The Morgan fingerprint density at radius 3 is 2.32 bits per heavy atom. The number of benzene rings is 3. The number of nitrogens with zero attached hydrogens (tertiary/aromatic N) is 4. The zero-order chi connectivity index (χ0) is 26.2. The van der Waals surface area contributed by atoms with Crippen LogP contribution in [-0.4, -0.2) is 25.6 Å². The summed E-state index contributed by atoms with van der Waals surface area (Å²) in [6.45, 7) is 2.25. The van der Waals surface area contributed by atoms with Gasteiger partial charge >= 0.3 is 0 Å². The van der Waals surface area contributed by atoms with Crippen LogP contribution in [0.25, 0.3) is 5.69 Å². The van der Waals surface area contributed by atoms with Gasteiger partial charge in [0.1, 0.15) is 5.82 Å². The SMILES string of the molecule is CCCCc1ccc(C(=O)NCc2nnc(SCc3ccc(F)cc3)n2-c2ccc([N+](=O)[O-])cc2)cc1. The van der Waals surface area contributed by atoms with Gasteiger partial charge < -0.3 is 5.32 Å². The van der Waals surface area contributed by atoms with Crippen LogP contribution in [0.15, 0.2) is 78.0 Å². The van der Waals surface area contributed by atoms with E-state index in [1.165, 1.54) is 41.6 Å². The molecule has 0 aliphatic carbocycles. The molecular weight excluding hydrogens is 493 g/mol. The van der Waals surface area contributed by atoms with Crippen molar-refractivity contribution in [3.8, 4) is 5.69 Å². The maximum atomic E-state index is 13.3. The molecule has 0 aliphatic heterocycles. The molecule has 0 aliphatic rings. The highest BCUT2D eigenvalue weighted by atomic mass is 32.2. The van der Waals surface area contributed by atoms with E-state index in [1.54, 1.807) is 28.8 Å². The van der Waals surface area contributed by atoms with Gasteiger partial charge in [0.15, 0.2) is 11.0 Å². The second-order valence-corrected chi connectivity index (χ2v) is 9.35. The Bertz CT molecular complexity index is 1360. The number of unbranched alkanes of at least 4 members (excludes halogenated alkanes) is 1. The molecule has 10 heteroatoms. The molecule has 0 spiro atoms. The van der Waals surface area contributed by atoms with Crippen molar-refractivity contribution in [1.82, 2.24) is 20.1 Å². The van der Waals surface area contributed by atoms with Crippen LogP contribution in [0, 0.1) is 15.9 Å². The molecule has 3 aromatic carbocycles. The molecule has 37 heavy (non-hydrogen) atoms. The number of carbonyl (C=O) groups excluding carboxylic acids is 1. The molecule has 190 valence electrons. The number of rotatable bonds is 11. The molecular formula is C27H26FN5O3S. The Morgan fingerprint density at radius 1 is 1.00 bits per heavy atom. The van der Waals surface area contributed by atoms with Crippen LogP contribution < -0.4 is 5.32 Å².